The van der Waals surface area contributed by atoms with Gasteiger partial charge >= 0.3 is 0 Å². The molecule has 1 amide bonds. The Bertz CT molecular complexity index is 481. The van der Waals surface area contributed by atoms with E-state index < -0.39 is 0 Å². The third-order valence-corrected chi connectivity index (χ3v) is 5.31. The van der Waals surface area contributed by atoms with Crippen LogP contribution in [-0.4, -0.2) is 47.9 Å². The Morgan fingerprint density at radius 2 is 2.05 bits per heavy atom. The molecule has 2 unspecified atom stereocenters. The summed E-state index contributed by atoms with van der Waals surface area (Å²) in [5, 5.41) is 3.43. The lowest BCUT2D eigenvalue weighted by Gasteiger charge is -2.26. The number of nitrogens with zero attached hydrogens (tertiary/aromatic N) is 2. The summed E-state index contributed by atoms with van der Waals surface area (Å²) < 4.78 is 0. The molecule has 4 nitrogen and oxygen atoms in total. The highest BCUT2D eigenvalue weighted by Crippen LogP contribution is 2.30. The van der Waals surface area contributed by atoms with E-state index >= 15 is 0 Å². The second-order valence-corrected chi connectivity index (χ2v) is 7.14. The lowest BCUT2D eigenvalue weighted by molar-refractivity contribution is -0.130. The Kier molecular flexibility index (Phi) is 4.10. The van der Waals surface area contributed by atoms with Gasteiger partial charge in [0.2, 0.25) is 5.91 Å². The molecule has 2 fully saturated rings. The van der Waals surface area contributed by atoms with Gasteiger partial charge in [-0.2, -0.15) is 0 Å². The molecule has 2 aliphatic heterocycles. The standard InChI is InChI=1S/C15H23N3OS/c1-11-5-6-13(20-11)14-16-12(2)15(19)18(14)10-9-17-7-3-4-8-17/h5-6,12,14,16H,3-4,7-10H2,1-2H3. The highest BCUT2D eigenvalue weighted by atomic mass is 32.1. The smallest absolute Gasteiger partial charge is 0.241 e. The molecular formula is C15H23N3OS. The van der Waals surface area contributed by atoms with E-state index in [4.69, 9.17) is 0 Å². The van der Waals surface area contributed by atoms with E-state index in [1.165, 1.54) is 35.7 Å². The number of carbonyl (C=O) groups excluding carboxylic acids is 1. The lowest BCUT2D eigenvalue weighted by atomic mass is 10.3. The van der Waals surface area contributed by atoms with Crippen molar-refractivity contribution in [1.29, 1.82) is 0 Å². The number of amides is 1. The van der Waals surface area contributed by atoms with Crippen molar-refractivity contribution in [2.24, 2.45) is 0 Å². The van der Waals surface area contributed by atoms with E-state index in [9.17, 15) is 4.79 Å². The molecule has 0 aliphatic carbocycles. The van der Waals surface area contributed by atoms with Crippen molar-refractivity contribution in [3.63, 3.8) is 0 Å². The summed E-state index contributed by atoms with van der Waals surface area (Å²) in [6.45, 7) is 8.29. The molecule has 20 heavy (non-hydrogen) atoms. The van der Waals surface area contributed by atoms with Gasteiger partial charge in [-0.1, -0.05) is 0 Å². The maximum atomic E-state index is 12.4. The summed E-state index contributed by atoms with van der Waals surface area (Å²) in [6, 6.07) is 4.21. The lowest BCUT2D eigenvalue weighted by Crippen LogP contribution is -2.37. The molecule has 5 heteroatoms. The van der Waals surface area contributed by atoms with Crippen LogP contribution in [0.3, 0.4) is 0 Å². The van der Waals surface area contributed by atoms with Crippen molar-refractivity contribution >= 4 is 17.2 Å². The van der Waals surface area contributed by atoms with E-state index in [1.807, 2.05) is 11.8 Å². The number of aryl methyl sites for hydroxylation is 1. The zero-order chi connectivity index (χ0) is 14.1. The molecule has 0 bridgehead atoms. The number of hydrogen-bond donors (Lipinski definition) is 1. The summed E-state index contributed by atoms with van der Waals surface area (Å²) in [5.74, 6) is 0.236. The molecule has 3 heterocycles. The van der Waals surface area contributed by atoms with Gasteiger partial charge in [-0.25, -0.2) is 0 Å². The topological polar surface area (TPSA) is 35.6 Å². The van der Waals surface area contributed by atoms with Crippen molar-refractivity contribution in [3.05, 3.63) is 21.9 Å². The molecule has 1 aromatic heterocycles. The first kappa shape index (κ1) is 14.0. The van der Waals surface area contributed by atoms with Crippen LogP contribution in [-0.2, 0) is 4.79 Å². The van der Waals surface area contributed by atoms with Gasteiger partial charge in [0, 0.05) is 22.8 Å². The Morgan fingerprint density at radius 1 is 1.30 bits per heavy atom. The number of nitrogens with one attached hydrogen (secondary N) is 1. The molecule has 110 valence electrons. The summed E-state index contributed by atoms with van der Waals surface area (Å²) in [7, 11) is 0. The van der Waals surface area contributed by atoms with Crippen LogP contribution in [0.25, 0.3) is 0 Å². The predicted octanol–water partition coefficient (Wildman–Crippen LogP) is 1.97. The number of likely N-dealkylation sites (tertiary alicyclic amines) is 1. The summed E-state index contributed by atoms with van der Waals surface area (Å²) in [4.78, 5) is 19.4. The molecule has 2 atom stereocenters. The van der Waals surface area contributed by atoms with Crippen molar-refractivity contribution in [3.8, 4) is 0 Å². The van der Waals surface area contributed by atoms with Crippen LogP contribution in [0.2, 0.25) is 0 Å². The molecule has 1 aromatic rings. The summed E-state index contributed by atoms with van der Waals surface area (Å²) in [6.07, 6.45) is 2.67. The van der Waals surface area contributed by atoms with E-state index in [0.29, 0.717) is 0 Å². The van der Waals surface area contributed by atoms with Crippen LogP contribution in [0, 0.1) is 6.92 Å². The monoisotopic (exact) mass is 293 g/mol. The molecule has 0 spiro atoms. The molecule has 2 aliphatic rings. The Labute approximate surface area is 124 Å². The van der Waals surface area contributed by atoms with Gasteiger partial charge in [0.25, 0.3) is 0 Å². The quantitative estimate of drug-likeness (QED) is 0.922. The van der Waals surface area contributed by atoms with Crippen LogP contribution in [0.5, 0.6) is 0 Å². The number of hydrogen-bond acceptors (Lipinski definition) is 4. The molecule has 1 N–H and O–H groups in total. The number of thiophene rings is 1. The zero-order valence-corrected chi connectivity index (χ0v) is 13.1. The van der Waals surface area contributed by atoms with Crippen molar-refractivity contribution < 1.29 is 4.79 Å². The first-order chi connectivity index (χ1) is 9.65. The molecule has 2 saturated heterocycles. The molecule has 0 aromatic carbocycles. The van der Waals surface area contributed by atoms with Crippen LogP contribution < -0.4 is 5.32 Å². The average Bonchev–Trinajstić information content (AvgIpc) is 3.12. The van der Waals surface area contributed by atoms with Gasteiger partial charge in [-0.3, -0.25) is 10.1 Å². The Hall–Kier alpha value is -0.910. The largest absolute Gasteiger partial charge is 0.319 e. The number of carbonyl (C=O) groups is 1. The van der Waals surface area contributed by atoms with Crippen LogP contribution in [0.1, 0.15) is 35.7 Å². The van der Waals surface area contributed by atoms with Crippen LogP contribution in [0.4, 0.5) is 0 Å². The van der Waals surface area contributed by atoms with Gasteiger partial charge < -0.3 is 9.80 Å². The molecule has 3 rings (SSSR count). The second kappa shape index (κ2) is 5.84. The van der Waals surface area contributed by atoms with Gasteiger partial charge in [0.15, 0.2) is 0 Å². The predicted molar refractivity (Wildman–Crippen MR) is 81.8 cm³/mol. The minimum Gasteiger partial charge on any atom is -0.319 e. The van der Waals surface area contributed by atoms with E-state index in [-0.39, 0.29) is 18.1 Å². The SMILES string of the molecule is Cc1ccc(C2NC(C)C(=O)N2CCN2CCCC2)s1. The maximum Gasteiger partial charge on any atom is 0.241 e. The minimum atomic E-state index is -0.0685. The first-order valence-corrected chi connectivity index (χ1v) is 8.32. The van der Waals surface area contributed by atoms with Crippen LogP contribution >= 0.6 is 11.3 Å². The van der Waals surface area contributed by atoms with Gasteiger partial charge in [0.1, 0.15) is 6.17 Å². The fourth-order valence-corrected chi connectivity index (χ4v) is 4.06. The van der Waals surface area contributed by atoms with Gasteiger partial charge in [-0.15, -0.1) is 11.3 Å². The fourth-order valence-electron chi connectivity index (χ4n) is 3.10. The Morgan fingerprint density at radius 3 is 2.70 bits per heavy atom. The zero-order valence-electron chi connectivity index (χ0n) is 12.3. The van der Waals surface area contributed by atoms with Crippen LogP contribution in [0.15, 0.2) is 12.1 Å². The van der Waals surface area contributed by atoms with Crippen molar-refractivity contribution in [1.82, 2.24) is 15.1 Å². The summed E-state index contributed by atoms with van der Waals surface area (Å²) >= 11 is 1.78. The third kappa shape index (κ3) is 2.75. The van der Waals surface area contributed by atoms with E-state index in [2.05, 4.69) is 29.3 Å². The normalized spacial score (nSPS) is 27.7. The maximum absolute atomic E-state index is 12.4. The van der Waals surface area contributed by atoms with E-state index in [1.54, 1.807) is 11.3 Å². The highest BCUT2D eigenvalue weighted by molar-refractivity contribution is 7.12. The van der Waals surface area contributed by atoms with E-state index in [0.717, 1.165) is 13.1 Å². The van der Waals surface area contributed by atoms with Crippen molar-refractivity contribution in [2.75, 3.05) is 26.2 Å². The fraction of sp³-hybridized carbons (Fsp3) is 0.667. The second-order valence-electron chi connectivity index (χ2n) is 5.82. The summed E-state index contributed by atoms with van der Waals surface area (Å²) in [5.41, 5.74) is 0. The minimum absolute atomic E-state index is 0.0683. The first-order valence-electron chi connectivity index (χ1n) is 7.50. The Balaban J connectivity index is 1.69. The van der Waals surface area contributed by atoms with Crippen molar-refractivity contribution in [2.45, 2.75) is 38.9 Å². The molecule has 0 radical (unpaired) electrons. The highest BCUT2D eigenvalue weighted by Gasteiger charge is 2.37. The molecular weight excluding hydrogens is 270 g/mol. The average molecular weight is 293 g/mol. The number of rotatable bonds is 4. The van der Waals surface area contributed by atoms with Gasteiger partial charge in [0.05, 0.1) is 6.04 Å². The third-order valence-electron chi connectivity index (χ3n) is 4.26. The van der Waals surface area contributed by atoms with Gasteiger partial charge in [-0.05, 0) is 51.9 Å². The molecule has 0 saturated carbocycles.